The van der Waals surface area contributed by atoms with E-state index in [0.717, 1.165) is 12.1 Å². The van der Waals surface area contributed by atoms with Crippen molar-refractivity contribution in [3.63, 3.8) is 0 Å². The third-order valence-electron chi connectivity index (χ3n) is 4.85. The Hall–Kier alpha value is -3.35. The lowest BCUT2D eigenvalue weighted by molar-refractivity contribution is -0.163. The van der Waals surface area contributed by atoms with Crippen LogP contribution in [0.25, 0.3) is 5.65 Å². The highest BCUT2D eigenvalue weighted by Gasteiger charge is 2.36. The lowest BCUT2D eigenvalue weighted by Crippen LogP contribution is -2.41. The predicted molar refractivity (Wildman–Crippen MR) is 110 cm³/mol. The van der Waals surface area contributed by atoms with Crippen molar-refractivity contribution in [3.05, 3.63) is 71.2 Å². The molecule has 32 heavy (non-hydrogen) atoms. The molecule has 0 amide bonds. The maximum Gasteiger partial charge on any atom is 0.416 e. The maximum absolute atomic E-state index is 13.0. The van der Waals surface area contributed by atoms with Gasteiger partial charge in [0.2, 0.25) is 0 Å². The van der Waals surface area contributed by atoms with Gasteiger partial charge in [-0.3, -0.25) is 4.40 Å². The van der Waals surface area contributed by atoms with Crippen LogP contribution in [0.3, 0.4) is 0 Å². The molecule has 0 spiro atoms. The molecule has 2 heterocycles. The van der Waals surface area contributed by atoms with Gasteiger partial charge in [-0.2, -0.15) is 13.2 Å². The van der Waals surface area contributed by atoms with Crippen LogP contribution in [0.5, 0.6) is 0 Å². The van der Waals surface area contributed by atoms with Gasteiger partial charge >= 0.3 is 12.1 Å². The molecule has 0 aliphatic heterocycles. The Balaban J connectivity index is 1.98. The zero-order chi connectivity index (χ0) is 23.5. The number of nitrogens with zero attached hydrogens (tertiary/aromatic N) is 2. The number of fused-ring (bicyclic) bond motifs is 1. The average Bonchev–Trinajstić information content (AvgIpc) is 3.09. The van der Waals surface area contributed by atoms with Gasteiger partial charge < -0.3 is 14.9 Å². The SMILES string of the molecule is CC(C)(CO)C(OCc1nc2ccccn2c1C#Cc1cccc(C(F)(F)F)c1)C(=O)O. The van der Waals surface area contributed by atoms with Crippen LogP contribution in [0, 0.1) is 17.3 Å². The van der Waals surface area contributed by atoms with E-state index >= 15 is 0 Å². The van der Waals surface area contributed by atoms with E-state index < -0.39 is 35.8 Å². The van der Waals surface area contributed by atoms with Gasteiger partial charge in [0.1, 0.15) is 17.0 Å². The summed E-state index contributed by atoms with van der Waals surface area (Å²) in [5, 5.41) is 19.0. The van der Waals surface area contributed by atoms with E-state index in [4.69, 9.17) is 4.74 Å². The molecule has 1 atom stereocenters. The van der Waals surface area contributed by atoms with E-state index in [1.807, 2.05) is 0 Å². The van der Waals surface area contributed by atoms with Gasteiger partial charge in [-0.15, -0.1) is 0 Å². The number of hydrogen-bond donors (Lipinski definition) is 2. The number of pyridine rings is 1. The molecule has 0 bridgehead atoms. The summed E-state index contributed by atoms with van der Waals surface area (Å²) in [4.78, 5) is 16.0. The number of carboxylic acid groups (broad SMARTS) is 1. The summed E-state index contributed by atoms with van der Waals surface area (Å²) < 4.78 is 46.2. The highest BCUT2D eigenvalue weighted by molar-refractivity contribution is 5.73. The lowest BCUT2D eigenvalue weighted by Gasteiger charge is -2.28. The number of hydrogen-bond acceptors (Lipinski definition) is 4. The van der Waals surface area contributed by atoms with Crippen molar-refractivity contribution in [3.8, 4) is 11.8 Å². The Morgan fingerprint density at radius 1 is 1.19 bits per heavy atom. The Morgan fingerprint density at radius 3 is 2.59 bits per heavy atom. The first-order valence-corrected chi connectivity index (χ1v) is 9.63. The van der Waals surface area contributed by atoms with E-state index in [-0.39, 0.29) is 12.2 Å². The Labute approximate surface area is 182 Å². The fraction of sp³-hybridized carbons (Fsp3) is 0.304. The number of alkyl halides is 3. The van der Waals surface area contributed by atoms with Crippen LogP contribution in [0.1, 0.15) is 36.4 Å². The van der Waals surface area contributed by atoms with Gasteiger partial charge in [0.25, 0.3) is 0 Å². The molecule has 9 heteroatoms. The van der Waals surface area contributed by atoms with Crippen LogP contribution in [0.15, 0.2) is 48.7 Å². The van der Waals surface area contributed by atoms with Gasteiger partial charge in [0.15, 0.2) is 6.10 Å². The molecule has 0 fully saturated rings. The van der Waals surface area contributed by atoms with Gasteiger partial charge in [0, 0.05) is 17.2 Å². The monoisotopic (exact) mass is 446 g/mol. The smallest absolute Gasteiger partial charge is 0.416 e. The van der Waals surface area contributed by atoms with Gasteiger partial charge in [-0.05, 0) is 36.3 Å². The molecule has 0 saturated heterocycles. The summed E-state index contributed by atoms with van der Waals surface area (Å²) in [7, 11) is 0. The van der Waals surface area contributed by atoms with Gasteiger partial charge in [0.05, 0.1) is 18.8 Å². The number of imidazole rings is 1. The zero-order valence-electron chi connectivity index (χ0n) is 17.3. The fourth-order valence-electron chi connectivity index (χ4n) is 3.06. The predicted octanol–water partition coefficient (Wildman–Crippen LogP) is 3.74. The van der Waals surface area contributed by atoms with E-state index in [2.05, 4.69) is 16.8 Å². The number of ether oxygens (including phenoxy) is 1. The summed E-state index contributed by atoms with van der Waals surface area (Å²) in [5.74, 6) is 4.33. The number of halogens is 3. The number of carboxylic acids is 1. The first kappa shape index (κ1) is 23.3. The molecule has 2 N–H and O–H groups in total. The summed E-state index contributed by atoms with van der Waals surface area (Å²) in [6.45, 7) is 2.50. The highest BCUT2D eigenvalue weighted by atomic mass is 19.4. The van der Waals surface area contributed by atoms with Gasteiger partial charge in [-0.1, -0.05) is 31.9 Å². The molecule has 3 aromatic rings. The first-order valence-electron chi connectivity index (χ1n) is 9.63. The zero-order valence-corrected chi connectivity index (χ0v) is 17.3. The van der Waals surface area contributed by atoms with Crippen molar-refractivity contribution < 1.29 is 32.9 Å². The normalized spacial score (nSPS) is 12.9. The highest BCUT2D eigenvalue weighted by Crippen LogP contribution is 2.29. The molecule has 6 nitrogen and oxygen atoms in total. The number of aliphatic hydroxyl groups is 1. The van der Waals surface area contributed by atoms with Crippen molar-refractivity contribution in [1.82, 2.24) is 9.38 Å². The van der Waals surface area contributed by atoms with Crippen LogP contribution in [-0.2, 0) is 22.3 Å². The molecule has 3 rings (SSSR count). The topological polar surface area (TPSA) is 84.1 Å². The van der Waals surface area contributed by atoms with Crippen molar-refractivity contribution >= 4 is 11.6 Å². The number of carbonyl (C=O) groups is 1. The lowest BCUT2D eigenvalue weighted by atomic mass is 9.87. The second kappa shape index (κ2) is 9.02. The molecule has 0 aliphatic carbocycles. The summed E-state index contributed by atoms with van der Waals surface area (Å²) in [6.07, 6.45) is -4.10. The second-order valence-corrected chi connectivity index (χ2v) is 7.84. The van der Waals surface area contributed by atoms with E-state index in [1.165, 1.54) is 12.1 Å². The fourth-order valence-corrected chi connectivity index (χ4v) is 3.06. The van der Waals surface area contributed by atoms with E-state index in [0.29, 0.717) is 17.0 Å². The van der Waals surface area contributed by atoms with Crippen LogP contribution < -0.4 is 0 Å². The number of rotatable bonds is 6. The largest absolute Gasteiger partial charge is 0.479 e. The number of aliphatic hydroxyl groups excluding tert-OH is 1. The van der Waals surface area contributed by atoms with Crippen molar-refractivity contribution in [2.45, 2.75) is 32.7 Å². The molecule has 0 saturated carbocycles. The molecule has 0 aliphatic rings. The minimum Gasteiger partial charge on any atom is -0.479 e. The average molecular weight is 446 g/mol. The summed E-state index contributed by atoms with van der Waals surface area (Å²) >= 11 is 0. The van der Waals surface area contributed by atoms with Crippen LogP contribution >= 0.6 is 0 Å². The third kappa shape index (κ3) is 5.10. The van der Waals surface area contributed by atoms with Crippen molar-refractivity contribution in [2.75, 3.05) is 6.61 Å². The summed E-state index contributed by atoms with van der Waals surface area (Å²) in [5.41, 5.74) is -0.467. The number of aliphatic carboxylic acids is 1. The maximum atomic E-state index is 13.0. The first-order chi connectivity index (χ1) is 15.0. The standard InChI is InChI=1S/C23H21F3N2O4/c1-22(2,14-29)20(21(30)31)32-13-17-18(28-11-4-3-8-19(28)27-17)10-9-15-6-5-7-16(12-15)23(24,25)26/h3-8,11-12,20,29H,13-14H2,1-2H3,(H,30,31). The summed E-state index contributed by atoms with van der Waals surface area (Å²) in [6, 6.07) is 9.87. The molecule has 168 valence electrons. The minimum atomic E-state index is -4.48. The van der Waals surface area contributed by atoms with Crippen molar-refractivity contribution in [1.29, 1.82) is 0 Å². The molecule has 2 aromatic heterocycles. The Morgan fingerprint density at radius 2 is 1.94 bits per heavy atom. The van der Waals surface area contributed by atoms with Crippen LogP contribution in [0.4, 0.5) is 13.2 Å². The molecular formula is C23H21F3N2O4. The molecular weight excluding hydrogens is 425 g/mol. The van der Waals surface area contributed by atoms with Crippen LogP contribution in [0.2, 0.25) is 0 Å². The minimum absolute atomic E-state index is 0.169. The number of benzene rings is 1. The van der Waals surface area contributed by atoms with Crippen molar-refractivity contribution in [2.24, 2.45) is 5.41 Å². The van der Waals surface area contributed by atoms with E-state index in [9.17, 15) is 28.2 Å². The molecule has 1 unspecified atom stereocenters. The Kier molecular flexibility index (Phi) is 6.57. The Bertz CT molecular complexity index is 1190. The van der Waals surface area contributed by atoms with E-state index in [1.54, 1.807) is 42.6 Å². The second-order valence-electron chi connectivity index (χ2n) is 7.84. The van der Waals surface area contributed by atoms with Crippen LogP contribution in [-0.4, -0.2) is 38.3 Å². The molecule has 0 radical (unpaired) electrons. The molecule has 1 aromatic carbocycles. The quantitative estimate of drug-likeness (QED) is 0.564. The van der Waals surface area contributed by atoms with Gasteiger partial charge in [-0.25, -0.2) is 9.78 Å². The number of aromatic nitrogens is 2. The third-order valence-corrected chi connectivity index (χ3v) is 4.85.